The largest absolute Gasteiger partial charge is 0.478 e. The first-order valence-corrected chi connectivity index (χ1v) is 9.05. The molecule has 0 saturated heterocycles. The summed E-state index contributed by atoms with van der Waals surface area (Å²) in [6.45, 7) is 4.14. The number of rotatable bonds is 7. The second kappa shape index (κ2) is 8.00. The van der Waals surface area contributed by atoms with Gasteiger partial charge in [-0.05, 0) is 43.0 Å². The van der Waals surface area contributed by atoms with Gasteiger partial charge in [0, 0.05) is 17.1 Å². The molecule has 1 heterocycles. The van der Waals surface area contributed by atoms with Gasteiger partial charge in [0.1, 0.15) is 17.1 Å². The van der Waals surface area contributed by atoms with Crippen LogP contribution in [0, 0.1) is 0 Å². The highest BCUT2D eigenvalue weighted by Gasteiger charge is 2.17. The van der Waals surface area contributed by atoms with Crippen molar-refractivity contribution in [3.63, 3.8) is 0 Å². The van der Waals surface area contributed by atoms with Crippen LogP contribution >= 0.6 is 0 Å². The maximum absolute atomic E-state index is 11.7. The van der Waals surface area contributed by atoms with Crippen molar-refractivity contribution in [3.8, 4) is 11.5 Å². The number of aryl methyl sites for hydroxylation is 2. The molecule has 134 valence electrons. The number of carboxylic acids is 1. The van der Waals surface area contributed by atoms with Gasteiger partial charge in [-0.2, -0.15) is 0 Å². The molecule has 3 aromatic rings. The predicted molar refractivity (Wildman–Crippen MR) is 103 cm³/mol. The zero-order valence-electron chi connectivity index (χ0n) is 15.2. The van der Waals surface area contributed by atoms with E-state index >= 15 is 0 Å². The van der Waals surface area contributed by atoms with E-state index in [1.807, 2.05) is 43.3 Å². The monoisotopic (exact) mass is 349 g/mol. The molecule has 0 aliphatic rings. The molecule has 26 heavy (non-hydrogen) atoms. The Hall–Kier alpha value is -2.88. The minimum atomic E-state index is -0.986. The van der Waals surface area contributed by atoms with Crippen LogP contribution in [0.15, 0.2) is 48.5 Å². The summed E-state index contributed by atoms with van der Waals surface area (Å²) in [6, 6.07) is 15.0. The van der Waals surface area contributed by atoms with Crippen LogP contribution in [0.1, 0.15) is 48.3 Å². The smallest absolute Gasteiger partial charge is 0.339 e. The molecule has 4 nitrogen and oxygen atoms in total. The minimum absolute atomic E-state index is 0.181. The Morgan fingerprint density at radius 2 is 1.92 bits per heavy atom. The lowest BCUT2D eigenvalue weighted by Gasteiger charge is -2.15. The molecule has 0 aliphatic carbocycles. The number of ether oxygens (including phenoxy) is 1. The van der Waals surface area contributed by atoms with E-state index < -0.39 is 5.97 Å². The first-order chi connectivity index (χ1) is 12.6. The first kappa shape index (κ1) is 17.9. The summed E-state index contributed by atoms with van der Waals surface area (Å²) in [7, 11) is 0. The summed E-state index contributed by atoms with van der Waals surface area (Å²) in [6.07, 6.45) is 3.71. The maximum Gasteiger partial charge on any atom is 0.339 e. The molecular weight excluding hydrogens is 326 g/mol. The van der Waals surface area contributed by atoms with E-state index in [2.05, 4.69) is 6.92 Å². The van der Waals surface area contributed by atoms with E-state index in [9.17, 15) is 9.90 Å². The number of carboxylic acid groups (broad SMARTS) is 1. The van der Waals surface area contributed by atoms with E-state index in [0.29, 0.717) is 17.9 Å². The Morgan fingerprint density at radius 3 is 2.65 bits per heavy atom. The van der Waals surface area contributed by atoms with Crippen LogP contribution in [0.5, 0.6) is 11.5 Å². The number of carbonyl (C=O) groups is 1. The molecule has 0 fully saturated rings. The maximum atomic E-state index is 11.7. The van der Waals surface area contributed by atoms with E-state index in [-0.39, 0.29) is 5.56 Å². The fraction of sp³-hybridized carbons (Fsp3) is 0.273. The number of aromatic nitrogens is 1. The van der Waals surface area contributed by atoms with Crippen molar-refractivity contribution in [1.82, 2.24) is 4.98 Å². The second-order valence-corrected chi connectivity index (χ2v) is 6.29. The summed E-state index contributed by atoms with van der Waals surface area (Å²) in [5.74, 6) is 0.0882. The second-order valence-electron chi connectivity index (χ2n) is 6.29. The molecular formula is C22H23NO3. The van der Waals surface area contributed by atoms with Crippen molar-refractivity contribution >= 4 is 16.9 Å². The van der Waals surface area contributed by atoms with Gasteiger partial charge in [-0.1, -0.05) is 44.5 Å². The van der Waals surface area contributed by atoms with Gasteiger partial charge in [0.25, 0.3) is 0 Å². The van der Waals surface area contributed by atoms with Crippen LogP contribution in [0.4, 0.5) is 0 Å². The zero-order valence-corrected chi connectivity index (χ0v) is 15.2. The Bertz CT molecular complexity index is 934. The molecule has 0 amide bonds. The van der Waals surface area contributed by atoms with Crippen LogP contribution in [-0.2, 0) is 12.8 Å². The summed E-state index contributed by atoms with van der Waals surface area (Å²) in [5, 5.41) is 10.4. The molecule has 0 radical (unpaired) electrons. The molecule has 0 spiro atoms. The van der Waals surface area contributed by atoms with Crippen molar-refractivity contribution < 1.29 is 14.6 Å². The highest BCUT2D eigenvalue weighted by atomic mass is 16.5. The normalized spacial score (nSPS) is 10.8. The number of nitrogens with zero attached hydrogens (tertiary/aromatic N) is 1. The topological polar surface area (TPSA) is 59.4 Å². The average molecular weight is 349 g/mol. The highest BCUT2D eigenvalue weighted by molar-refractivity contribution is 5.92. The summed E-state index contributed by atoms with van der Waals surface area (Å²) < 4.78 is 6.21. The Kier molecular flexibility index (Phi) is 5.52. The number of hydrogen-bond acceptors (Lipinski definition) is 3. The SMILES string of the molecule is CCCCc1cc(Oc2c(CC)cccc2C(=O)O)c2ccccc2n1. The lowest BCUT2D eigenvalue weighted by Crippen LogP contribution is -2.03. The van der Waals surface area contributed by atoms with Gasteiger partial charge < -0.3 is 9.84 Å². The molecule has 1 N–H and O–H groups in total. The summed E-state index contributed by atoms with van der Waals surface area (Å²) in [4.78, 5) is 16.4. The number of unbranched alkanes of at least 4 members (excludes halogenated alkanes) is 1. The fourth-order valence-corrected chi connectivity index (χ4v) is 3.03. The first-order valence-electron chi connectivity index (χ1n) is 9.05. The van der Waals surface area contributed by atoms with E-state index in [1.165, 1.54) is 0 Å². The highest BCUT2D eigenvalue weighted by Crippen LogP contribution is 2.34. The zero-order chi connectivity index (χ0) is 18.5. The molecule has 0 bridgehead atoms. The van der Waals surface area contributed by atoms with Crippen molar-refractivity contribution in [1.29, 1.82) is 0 Å². The molecule has 0 saturated carbocycles. The van der Waals surface area contributed by atoms with E-state index in [0.717, 1.165) is 41.4 Å². The Balaban J connectivity index is 2.13. The number of aromatic carboxylic acids is 1. The van der Waals surface area contributed by atoms with Gasteiger partial charge in [0.15, 0.2) is 0 Å². The number of pyridine rings is 1. The van der Waals surface area contributed by atoms with Crippen molar-refractivity contribution in [2.45, 2.75) is 39.5 Å². The van der Waals surface area contributed by atoms with Crippen molar-refractivity contribution in [2.75, 3.05) is 0 Å². The van der Waals surface area contributed by atoms with E-state index in [1.54, 1.807) is 12.1 Å². The third-order valence-corrected chi connectivity index (χ3v) is 4.44. The number of hydrogen-bond donors (Lipinski definition) is 1. The number of benzene rings is 2. The van der Waals surface area contributed by atoms with E-state index in [4.69, 9.17) is 9.72 Å². The van der Waals surface area contributed by atoms with Gasteiger partial charge >= 0.3 is 5.97 Å². The Morgan fingerprint density at radius 1 is 1.12 bits per heavy atom. The van der Waals surface area contributed by atoms with Gasteiger partial charge in [-0.25, -0.2) is 4.79 Å². The van der Waals surface area contributed by atoms with Gasteiger partial charge in [-0.3, -0.25) is 4.98 Å². The van der Waals surface area contributed by atoms with Crippen LogP contribution in [0.3, 0.4) is 0 Å². The van der Waals surface area contributed by atoms with Gasteiger partial charge in [0.05, 0.1) is 5.52 Å². The molecule has 1 aromatic heterocycles. The molecule has 0 aliphatic heterocycles. The molecule has 0 unspecified atom stereocenters. The fourth-order valence-electron chi connectivity index (χ4n) is 3.03. The molecule has 4 heteroatoms. The molecule has 0 atom stereocenters. The third kappa shape index (κ3) is 3.69. The lowest BCUT2D eigenvalue weighted by molar-refractivity contribution is 0.0694. The quantitative estimate of drug-likeness (QED) is 0.600. The minimum Gasteiger partial charge on any atom is -0.478 e. The standard InChI is InChI=1S/C22H23NO3/c1-3-5-10-16-14-20(17-11-6-7-13-19(17)23-16)26-21-15(4-2)9-8-12-18(21)22(24)25/h6-9,11-14H,3-5,10H2,1-2H3,(H,24,25). The lowest BCUT2D eigenvalue weighted by atomic mass is 10.1. The number of para-hydroxylation sites is 2. The third-order valence-electron chi connectivity index (χ3n) is 4.44. The van der Waals surface area contributed by atoms with Gasteiger partial charge in [0.2, 0.25) is 0 Å². The molecule has 3 rings (SSSR count). The van der Waals surface area contributed by atoms with Crippen molar-refractivity contribution in [2.24, 2.45) is 0 Å². The summed E-state index contributed by atoms with van der Waals surface area (Å²) in [5.41, 5.74) is 2.88. The predicted octanol–water partition coefficient (Wildman–Crippen LogP) is 5.63. The van der Waals surface area contributed by atoms with Crippen LogP contribution in [0.25, 0.3) is 10.9 Å². The average Bonchev–Trinajstić information content (AvgIpc) is 2.66. The Labute approximate surface area is 153 Å². The number of fused-ring (bicyclic) bond motifs is 1. The summed E-state index contributed by atoms with van der Waals surface area (Å²) >= 11 is 0. The van der Waals surface area contributed by atoms with Crippen LogP contribution in [0.2, 0.25) is 0 Å². The van der Waals surface area contributed by atoms with Crippen LogP contribution in [-0.4, -0.2) is 16.1 Å². The van der Waals surface area contributed by atoms with Crippen molar-refractivity contribution in [3.05, 3.63) is 65.4 Å². The van der Waals surface area contributed by atoms with Gasteiger partial charge in [-0.15, -0.1) is 0 Å². The molecule has 2 aromatic carbocycles. The van der Waals surface area contributed by atoms with Crippen LogP contribution < -0.4 is 4.74 Å².